The van der Waals surface area contributed by atoms with Gasteiger partial charge in [0.15, 0.2) is 0 Å². The molecule has 0 aliphatic heterocycles. The standard InChI is InChI=1S/C31H34FNO6/c1-18-12-19(2)26(27(13-18)22-6-11-28(32)20(3)14-22)10-9-24(35)16-25(36)17-30(37)33-29(31(38)39)15-21-4-7-23(34)8-5-21/h4-14,24-25,29,34-36H,15-17H2,1-3H3,(H,33,37)(H,38,39)/t24-,25+,29-/m0/s1. The first-order valence-electron chi connectivity index (χ1n) is 12.6. The number of carbonyl (C=O) groups excluding carboxylic acids is 1. The summed E-state index contributed by atoms with van der Waals surface area (Å²) in [6.07, 6.45) is 0.509. The number of benzene rings is 3. The summed E-state index contributed by atoms with van der Waals surface area (Å²) in [7, 11) is 0. The molecule has 39 heavy (non-hydrogen) atoms. The second-order valence-corrected chi connectivity index (χ2v) is 9.86. The van der Waals surface area contributed by atoms with Crippen molar-refractivity contribution in [3.63, 3.8) is 0 Å². The Morgan fingerprint density at radius 1 is 0.974 bits per heavy atom. The van der Waals surface area contributed by atoms with E-state index < -0.39 is 30.1 Å². The van der Waals surface area contributed by atoms with Crippen LogP contribution in [0.3, 0.4) is 0 Å². The first-order valence-corrected chi connectivity index (χ1v) is 12.6. The van der Waals surface area contributed by atoms with Crippen LogP contribution in [0, 0.1) is 26.6 Å². The first-order chi connectivity index (χ1) is 18.4. The van der Waals surface area contributed by atoms with E-state index in [0.29, 0.717) is 11.1 Å². The fourth-order valence-corrected chi connectivity index (χ4v) is 4.43. The predicted octanol–water partition coefficient (Wildman–Crippen LogP) is 4.45. The van der Waals surface area contributed by atoms with Crippen LogP contribution in [0.1, 0.15) is 40.7 Å². The zero-order valence-corrected chi connectivity index (χ0v) is 22.2. The lowest BCUT2D eigenvalue weighted by Crippen LogP contribution is -2.43. The molecule has 8 heteroatoms. The fourth-order valence-electron chi connectivity index (χ4n) is 4.43. The molecule has 0 aromatic heterocycles. The van der Waals surface area contributed by atoms with E-state index in [-0.39, 0.29) is 30.8 Å². The summed E-state index contributed by atoms with van der Waals surface area (Å²) in [4.78, 5) is 24.0. The van der Waals surface area contributed by atoms with Crippen molar-refractivity contribution in [2.24, 2.45) is 0 Å². The van der Waals surface area contributed by atoms with E-state index in [0.717, 1.165) is 27.8 Å². The number of carboxylic acids is 1. The van der Waals surface area contributed by atoms with Crippen LogP contribution in [0.2, 0.25) is 0 Å². The third kappa shape index (κ3) is 8.49. The minimum Gasteiger partial charge on any atom is -0.508 e. The molecule has 3 aromatic rings. The van der Waals surface area contributed by atoms with Crippen LogP contribution in [-0.2, 0) is 16.0 Å². The molecule has 7 nitrogen and oxygen atoms in total. The number of aliphatic hydroxyl groups excluding tert-OH is 2. The number of halogens is 1. The second kappa shape index (κ2) is 13.2. The van der Waals surface area contributed by atoms with Gasteiger partial charge in [-0.15, -0.1) is 0 Å². The number of hydrogen-bond donors (Lipinski definition) is 5. The lowest BCUT2D eigenvalue weighted by atomic mass is 9.92. The van der Waals surface area contributed by atoms with Crippen LogP contribution in [-0.4, -0.2) is 50.6 Å². The minimum absolute atomic E-state index is 0.00856. The third-order valence-electron chi connectivity index (χ3n) is 6.43. The van der Waals surface area contributed by atoms with Gasteiger partial charge in [0, 0.05) is 12.8 Å². The number of aromatic hydroxyl groups is 1. The number of carboxylic acid groups (broad SMARTS) is 1. The predicted molar refractivity (Wildman–Crippen MR) is 148 cm³/mol. The van der Waals surface area contributed by atoms with Crippen LogP contribution in [0.25, 0.3) is 17.2 Å². The SMILES string of the molecule is Cc1cc(C)c(C=C[C@H](O)C[C@@H](O)CC(=O)N[C@@H](Cc2ccc(O)cc2)C(=O)O)c(-c2ccc(F)c(C)c2)c1. The lowest BCUT2D eigenvalue weighted by molar-refractivity contribution is -0.142. The van der Waals surface area contributed by atoms with E-state index in [9.17, 15) is 34.4 Å². The van der Waals surface area contributed by atoms with Crippen molar-refractivity contribution in [2.75, 3.05) is 0 Å². The number of aryl methyl sites for hydroxylation is 3. The zero-order valence-electron chi connectivity index (χ0n) is 22.2. The molecule has 0 bridgehead atoms. The molecule has 0 aliphatic rings. The summed E-state index contributed by atoms with van der Waals surface area (Å²) in [6.45, 7) is 5.61. The number of rotatable bonds is 11. The summed E-state index contributed by atoms with van der Waals surface area (Å²) >= 11 is 0. The van der Waals surface area contributed by atoms with Gasteiger partial charge in [-0.3, -0.25) is 4.79 Å². The van der Waals surface area contributed by atoms with Crippen molar-refractivity contribution in [3.05, 3.63) is 94.3 Å². The van der Waals surface area contributed by atoms with E-state index in [1.54, 1.807) is 37.3 Å². The topological polar surface area (TPSA) is 127 Å². The second-order valence-electron chi connectivity index (χ2n) is 9.86. The smallest absolute Gasteiger partial charge is 0.326 e. The highest BCUT2D eigenvalue weighted by Gasteiger charge is 2.22. The Bertz CT molecular complexity index is 1350. The van der Waals surface area contributed by atoms with Gasteiger partial charge in [0.2, 0.25) is 5.91 Å². The van der Waals surface area contributed by atoms with Gasteiger partial charge in [0.05, 0.1) is 18.6 Å². The third-order valence-corrected chi connectivity index (χ3v) is 6.43. The molecular weight excluding hydrogens is 501 g/mol. The maximum absolute atomic E-state index is 13.8. The molecule has 0 unspecified atom stereocenters. The molecule has 206 valence electrons. The van der Waals surface area contributed by atoms with Crippen molar-refractivity contribution in [1.82, 2.24) is 5.32 Å². The van der Waals surface area contributed by atoms with E-state index in [4.69, 9.17) is 0 Å². The van der Waals surface area contributed by atoms with E-state index in [2.05, 4.69) is 5.32 Å². The average molecular weight is 536 g/mol. The normalized spacial score (nSPS) is 13.7. The van der Waals surface area contributed by atoms with Gasteiger partial charge in [-0.2, -0.15) is 0 Å². The number of amides is 1. The maximum Gasteiger partial charge on any atom is 0.326 e. The number of aliphatic hydroxyl groups is 2. The van der Waals surface area contributed by atoms with Crippen molar-refractivity contribution in [3.8, 4) is 16.9 Å². The Morgan fingerprint density at radius 2 is 1.67 bits per heavy atom. The van der Waals surface area contributed by atoms with E-state index in [1.807, 2.05) is 26.0 Å². The Kier molecular flexibility index (Phi) is 9.98. The monoisotopic (exact) mass is 535 g/mol. The number of phenols is 1. The molecular formula is C31H34FNO6. The van der Waals surface area contributed by atoms with Gasteiger partial charge in [-0.05, 0) is 78.4 Å². The Balaban J connectivity index is 1.63. The van der Waals surface area contributed by atoms with Crippen LogP contribution in [0.15, 0.2) is 60.7 Å². The van der Waals surface area contributed by atoms with E-state index in [1.165, 1.54) is 24.3 Å². The van der Waals surface area contributed by atoms with Gasteiger partial charge in [0.25, 0.3) is 0 Å². The number of nitrogens with one attached hydrogen (secondary N) is 1. The average Bonchev–Trinajstić information content (AvgIpc) is 2.85. The number of carbonyl (C=O) groups is 2. The summed E-state index contributed by atoms with van der Waals surface area (Å²) in [5.41, 5.74) is 5.70. The Hall–Kier alpha value is -4.01. The number of phenolic OH excluding ortho intramolecular Hbond substituents is 1. The van der Waals surface area contributed by atoms with Crippen LogP contribution < -0.4 is 5.32 Å². The van der Waals surface area contributed by atoms with Crippen LogP contribution >= 0.6 is 0 Å². The summed E-state index contributed by atoms with van der Waals surface area (Å²) in [5.74, 6) is -2.13. The molecule has 5 N–H and O–H groups in total. The first kappa shape index (κ1) is 29.5. The van der Waals surface area contributed by atoms with Crippen molar-refractivity contribution < 1.29 is 34.4 Å². The van der Waals surface area contributed by atoms with Crippen LogP contribution in [0.4, 0.5) is 4.39 Å². The summed E-state index contributed by atoms with van der Waals surface area (Å²) in [6, 6.07) is 13.7. The molecule has 3 rings (SSSR count). The highest BCUT2D eigenvalue weighted by Crippen LogP contribution is 2.30. The van der Waals surface area contributed by atoms with Crippen molar-refractivity contribution >= 4 is 18.0 Å². The minimum atomic E-state index is -1.23. The van der Waals surface area contributed by atoms with Gasteiger partial charge in [0.1, 0.15) is 17.6 Å². The highest BCUT2D eigenvalue weighted by molar-refractivity contribution is 5.84. The number of aliphatic carboxylic acids is 1. The molecule has 0 spiro atoms. The van der Waals surface area contributed by atoms with Crippen molar-refractivity contribution in [2.45, 2.75) is 58.3 Å². The fraction of sp³-hybridized carbons (Fsp3) is 0.290. The quantitative estimate of drug-likeness (QED) is 0.247. The van der Waals surface area contributed by atoms with Crippen molar-refractivity contribution in [1.29, 1.82) is 0 Å². The molecule has 1 amide bonds. The largest absolute Gasteiger partial charge is 0.508 e. The van der Waals surface area contributed by atoms with Gasteiger partial charge >= 0.3 is 5.97 Å². The molecule has 3 atom stereocenters. The van der Waals surface area contributed by atoms with Crippen LogP contribution in [0.5, 0.6) is 5.75 Å². The van der Waals surface area contributed by atoms with Gasteiger partial charge in [-0.25, -0.2) is 9.18 Å². The molecule has 3 aromatic carbocycles. The van der Waals surface area contributed by atoms with E-state index >= 15 is 0 Å². The number of hydrogen-bond acceptors (Lipinski definition) is 5. The maximum atomic E-state index is 13.8. The Morgan fingerprint density at radius 3 is 2.31 bits per heavy atom. The van der Waals surface area contributed by atoms with Gasteiger partial charge in [-0.1, -0.05) is 48.0 Å². The molecule has 0 fully saturated rings. The summed E-state index contributed by atoms with van der Waals surface area (Å²) in [5, 5.41) is 42.2. The van der Waals surface area contributed by atoms with Gasteiger partial charge < -0.3 is 25.7 Å². The highest BCUT2D eigenvalue weighted by atomic mass is 19.1. The molecule has 0 saturated heterocycles. The molecule has 0 saturated carbocycles. The lowest BCUT2D eigenvalue weighted by Gasteiger charge is -2.17. The molecule has 0 radical (unpaired) electrons. The Labute approximate surface area is 227 Å². The summed E-state index contributed by atoms with van der Waals surface area (Å²) < 4.78 is 13.8. The molecule has 0 aliphatic carbocycles. The zero-order chi connectivity index (χ0) is 28.7. The molecule has 0 heterocycles.